The lowest BCUT2D eigenvalue weighted by Crippen LogP contribution is -2.33. The second-order valence-electron chi connectivity index (χ2n) is 14.0. The van der Waals surface area contributed by atoms with Crippen molar-refractivity contribution in [2.24, 2.45) is 5.92 Å². The SMILES string of the molecule is CC12C=CC=CC1C=Cc1c2nc2c(ccc3ccccc32)c1-c1ccc(-c2nc(-c3ccccc3)nc(-c3ccc(-c4ccccc4)cc3)n2)cc1. The largest absolute Gasteiger partial charge is 0.251 e. The van der Waals surface area contributed by atoms with Gasteiger partial charge in [0.25, 0.3) is 0 Å². The number of benzene rings is 6. The van der Waals surface area contributed by atoms with Crippen LogP contribution in [0.5, 0.6) is 0 Å². The van der Waals surface area contributed by atoms with Gasteiger partial charge in [-0.15, -0.1) is 0 Å². The molecule has 0 saturated heterocycles. The van der Waals surface area contributed by atoms with Crippen molar-refractivity contribution in [3.05, 3.63) is 187 Å². The van der Waals surface area contributed by atoms with Gasteiger partial charge >= 0.3 is 0 Å². The van der Waals surface area contributed by atoms with Gasteiger partial charge in [-0.25, -0.2) is 15.0 Å². The second-order valence-corrected chi connectivity index (χ2v) is 14.0. The van der Waals surface area contributed by atoms with Crippen LogP contribution in [0.2, 0.25) is 0 Å². The summed E-state index contributed by atoms with van der Waals surface area (Å²) in [6, 6.07) is 50.7. The predicted octanol–water partition coefficient (Wildman–Crippen LogP) is 11.9. The van der Waals surface area contributed by atoms with Crippen LogP contribution in [0.1, 0.15) is 18.2 Å². The molecule has 0 aliphatic heterocycles. The van der Waals surface area contributed by atoms with Crippen molar-refractivity contribution in [3.63, 3.8) is 0 Å². The molecule has 4 heteroatoms. The lowest BCUT2D eigenvalue weighted by atomic mass is 9.66. The Morgan fingerprint density at radius 1 is 0.453 bits per heavy atom. The van der Waals surface area contributed by atoms with Crippen LogP contribution < -0.4 is 0 Å². The molecule has 2 atom stereocenters. The maximum Gasteiger partial charge on any atom is 0.164 e. The molecule has 2 aliphatic carbocycles. The first-order valence-electron chi connectivity index (χ1n) is 18.1. The number of fused-ring (bicyclic) bond motifs is 6. The molecule has 0 saturated carbocycles. The van der Waals surface area contributed by atoms with Crippen LogP contribution in [0.4, 0.5) is 0 Å². The third-order valence-corrected chi connectivity index (χ3v) is 10.8. The first-order chi connectivity index (χ1) is 26.1. The van der Waals surface area contributed by atoms with Crippen molar-refractivity contribution in [1.82, 2.24) is 19.9 Å². The summed E-state index contributed by atoms with van der Waals surface area (Å²) in [5.41, 5.74) is 10.5. The van der Waals surface area contributed by atoms with E-state index in [-0.39, 0.29) is 11.3 Å². The number of pyridine rings is 1. The number of hydrogen-bond acceptors (Lipinski definition) is 4. The minimum absolute atomic E-state index is 0.243. The van der Waals surface area contributed by atoms with E-state index >= 15 is 0 Å². The molecular weight excluding hydrogens is 645 g/mol. The van der Waals surface area contributed by atoms with E-state index in [9.17, 15) is 0 Å². The van der Waals surface area contributed by atoms with Crippen LogP contribution in [0, 0.1) is 5.92 Å². The lowest BCUT2D eigenvalue weighted by Gasteiger charge is -2.38. The Morgan fingerprint density at radius 3 is 1.68 bits per heavy atom. The molecule has 0 radical (unpaired) electrons. The van der Waals surface area contributed by atoms with Crippen molar-refractivity contribution >= 4 is 27.8 Å². The van der Waals surface area contributed by atoms with Crippen LogP contribution in [0.15, 0.2) is 176 Å². The smallest absolute Gasteiger partial charge is 0.164 e. The normalized spacial score (nSPS) is 17.2. The van der Waals surface area contributed by atoms with Gasteiger partial charge < -0.3 is 0 Å². The van der Waals surface area contributed by atoms with E-state index in [1.165, 1.54) is 27.5 Å². The summed E-state index contributed by atoms with van der Waals surface area (Å²) in [4.78, 5) is 20.5. The second kappa shape index (κ2) is 12.5. The van der Waals surface area contributed by atoms with Gasteiger partial charge in [0.1, 0.15) is 0 Å². The highest BCUT2D eigenvalue weighted by Gasteiger charge is 2.39. The maximum atomic E-state index is 5.49. The van der Waals surface area contributed by atoms with Crippen LogP contribution in [0.25, 0.3) is 84.2 Å². The van der Waals surface area contributed by atoms with Crippen LogP contribution in [-0.2, 0) is 5.41 Å². The van der Waals surface area contributed by atoms with Crippen LogP contribution in [-0.4, -0.2) is 19.9 Å². The van der Waals surface area contributed by atoms with Crippen molar-refractivity contribution in [2.75, 3.05) is 0 Å². The van der Waals surface area contributed by atoms with Gasteiger partial charge in [0, 0.05) is 49.9 Å². The molecule has 53 heavy (non-hydrogen) atoms. The van der Waals surface area contributed by atoms with E-state index < -0.39 is 0 Å². The zero-order chi connectivity index (χ0) is 35.4. The van der Waals surface area contributed by atoms with E-state index in [0.29, 0.717) is 17.5 Å². The zero-order valence-corrected chi connectivity index (χ0v) is 29.2. The zero-order valence-electron chi connectivity index (χ0n) is 29.2. The van der Waals surface area contributed by atoms with Gasteiger partial charge in [-0.05, 0) is 29.0 Å². The fraction of sp³-hybridized carbons (Fsp3) is 0.0612. The Morgan fingerprint density at radius 2 is 1.00 bits per heavy atom. The quantitative estimate of drug-likeness (QED) is 0.170. The predicted molar refractivity (Wildman–Crippen MR) is 218 cm³/mol. The molecular formula is C49H34N4. The van der Waals surface area contributed by atoms with E-state index in [1.54, 1.807) is 0 Å². The molecule has 0 bridgehead atoms. The summed E-state index contributed by atoms with van der Waals surface area (Å²) in [6.07, 6.45) is 13.5. The van der Waals surface area contributed by atoms with Crippen molar-refractivity contribution < 1.29 is 0 Å². The highest BCUT2D eigenvalue weighted by atomic mass is 15.0. The Hall–Kier alpha value is -6.78. The summed E-state index contributed by atoms with van der Waals surface area (Å²) in [5, 5.41) is 3.50. The van der Waals surface area contributed by atoms with Gasteiger partial charge in [0.2, 0.25) is 0 Å². The van der Waals surface area contributed by atoms with E-state index in [1.807, 2.05) is 36.4 Å². The number of nitrogens with zero attached hydrogens (tertiary/aromatic N) is 4. The molecule has 0 N–H and O–H groups in total. The molecule has 2 unspecified atom stereocenters. The molecule has 0 amide bonds. The van der Waals surface area contributed by atoms with Crippen molar-refractivity contribution in [2.45, 2.75) is 12.3 Å². The Bertz CT molecular complexity index is 2770. The monoisotopic (exact) mass is 678 g/mol. The maximum absolute atomic E-state index is 5.49. The molecule has 6 aromatic carbocycles. The highest BCUT2D eigenvalue weighted by Crippen LogP contribution is 2.48. The van der Waals surface area contributed by atoms with Gasteiger partial charge in [0.05, 0.1) is 11.2 Å². The first-order valence-corrected chi connectivity index (χ1v) is 18.1. The Kier molecular flexibility index (Phi) is 7.29. The molecule has 2 aliphatic rings. The molecule has 8 aromatic rings. The van der Waals surface area contributed by atoms with Gasteiger partial charge in [-0.2, -0.15) is 0 Å². The average molecular weight is 679 g/mol. The van der Waals surface area contributed by atoms with Gasteiger partial charge in [-0.1, -0.05) is 182 Å². The summed E-state index contributed by atoms with van der Waals surface area (Å²) in [5.74, 6) is 2.17. The van der Waals surface area contributed by atoms with Gasteiger partial charge in [-0.3, -0.25) is 4.98 Å². The van der Waals surface area contributed by atoms with Crippen LogP contribution in [0.3, 0.4) is 0 Å². The highest BCUT2D eigenvalue weighted by molar-refractivity contribution is 6.12. The van der Waals surface area contributed by atoms with Crippen molar-refractivity contribution in [3.8, 4) is 56.4 Å². The Balaban J connectivity index is 1.11. The number of rotatable bonds is 5. The third kappa shape index (κ3) is 5.30. The van der Waals surface area contributed by atoms with Crippen molar-refractivity contribution in [1.29, 1.82) is 0 Å². The molecule has 0 fully saturated rings. The van der Waals surface area contributed by atoms with Crippen LogP contribution >= 0.6 is 0 Å². The summed E-state index contributed by atoms with van der Waals surface area (Å²) < 4.78 is 0. The standard InChI is InChI=1S/C49H34N4/c1-49-31-11-10-17-39(49)28-30-42-43(41-29-27-34-14-8-9-18-40(34)44(41)50-45(42)49)35-21-25-38(26-22-35)48-52-46(36-15-6-3-7-16-36)51-47(53-48)37-23-19-33(20-24-37)32-12-4-2-5-13-32/h2-31,39H,1H3. The third-order valence-electron chi connectivity index (χ3n) is 10.8. The number of aromatic nitrogens is 4. The molecule has 2 heterocycles. The minimum atomic E-state index is -0.243. The number of hydrogen-bond donors (Lipinski definition) is 0. The fourth-order valence-electron chi connectivity index (χ4n) is 7.93. The summed E-state index contributed by atoms with van der Waals surface area (Å²) in [6.45, 7) is 2.31. The molecule has 250 valence electrons. The van der Waals surface area contributed by atoms with E-state index in [4.69, 9.17) is 19.9 Å². The van der Waals surface area contributed by atoms with Gasteiger partial charge in [0.15, 0.2) is 17.5 Å². The number of allylic oxidation sites excluding steroid dienone is 5. The van der Waals surface area contributed by atoms with E-state index in [0.717, 1.165) is 44.4 Å². The summed E-state index contributed by atoms with van der Waals surface area (Å²) in [7, 11) is 0. The van der Waals surface area contributed by atoms with E-state index in [2.05, 4.69) is 153 Å². The summed E-state index contributed by atoms with van der Waals surface area (Å²) >= 11 is 0. The lowest BCUT2D eigenvalue weighted by molar-refractivity contribution is 0.480. The first kappa shape index (κ1) is 31.0. The average Bonchev–Trinajstić information content (AvgIpc) is 3.23. The fourth-order valence-corrected chi connectivity index (χ4v) is 7.93. The molecule has 4 nitrogen and oxygen atoms in total. The Labute approximate surface area is 308 Å². The molecule has 10 rings (SSSR count). The molecule has 2 aromatic heterocycles. The molecule has 0 spiro atoms. The minimum Gasteiger partial charge on any atom is -0.251 e. The topological polar surface area (TPSA) is 51.6 Å².